The molecule has 1 aliphatic rings. The summed E-state index contributed by atoms with van der Waals surface area (Å²) < 4.78 is 0. The van der Waals surface area contributed by atoms with E-state index >= 15 is 0 Å². The predicted octanol–water partition coefficient (Wildman–Crippen LogP) is 2.96. The second-order valence-electron chi connectivity index (χ2n) is 5.59. The highest BCUT2D eigenvalue weighted by molar-refractivity contribution is 5.99. The summed E-state index contributed by atoms with van der Waals surface area (Å²) in [6.45, 7) is 2.10. The predicted molar refractivity (Wildman–Crippen MR) is 75.0 cm³/mol. The van der Waals surface area contributed by atoms with Gasteiger partial charge >= 0.3 is 0 Å². The lowest BCUT2D eigenvalue weighted by Gasteiger charge is -2.31. The van der Waals surface area contributed by atoms with Gasteiger partial charge in [-0.2, -0.15) is 0 Å². The lowest BCUT2D eigenvalue weighted by molar-refractivity contribution is -0.131. The molecule has 1 saturated carbocycles. The molecule has 1 fully saturated rings. The number of carbonyl (C=O) groups excluding carboxylic acids is 2. The zero-order valence-electron chi connectivity index (χ0n) is 11.4. The first-order valence-electron chi connectivity index (χ1n) is 6.98. The second kappa shape index (κ2) is 6.00. The van der Waals surface area contributed by atoms with Crippen LogP contribution >= 0.6 is 0 Å². The van der Waals surface area contributed by atoms with Crippen molar-refractivity contribution in [3.63, 3.8) is 0 Å². The lowest BCUT2D eigenvalue weighted by atomic mass is 9.75. The fourth-order valence-corrected chi connectivity index (χ4v) is 2.66. The topological polar surface area (TPSA) is 46.2 Å². The van der Waals surface area contributed by atoms with Crippen molar-refractivity contribution in [2.24, 2.45) is 5.41 Å². The van der Waals surface area contributed by atoms with Gasteiger partial charge in [0.05, 0.1) is 6.54 Å². The van der Waals surface area contributed by atoms with Crippen LogP contribution in [0.4, 0.5) is 0 Å². The Morgan fingerprint density at radius 1 is 1.11 bits per heavy atom. The quantitative estimate of drug-likeness (QED) is 0.845. The molecule has 1 N–H and O–H groups in total. The SMILES string of the molecule is CC1(C(=O)NCC(=O)c2ccccc2)CCCCC1. The maximum absolute atomic E-state index is 12.2. The maximum Gasteiger partial charge on any atom is 0.226 e. The second-order valence-corrected chi connectivity index (χ2v) is 5.59. The third kappa shape index (κ3) is 3.43. The molecule has 1 aliphatic carbocycles. The highest BCUT2D eigenvalue weighted by atomic mass is 16.2. The van der Waals surface area contributed by atoms with E-state index in [1.54, 1.807) is 12.1 Å². The van der Waals surface area contributed by atoms with Gasteiger partial charge in [-0.1, -0.05) is 56.5 Å². The number of rotatable bonds is 4. The third-order valence-electron chi connectivity index (χ3n) is 4.01. The van der Waals surface area contributed by atoms with Gasteiger partial charge in [0.25, 0.3) is 0 Å². The van der Waals surface area contributed by atoms with Gasteiger partial charge in [0.1, 0.15) is 0 Å². The Labute approximate surface area is 114 Å². The van der Waals surface area contributed by atoms with Crippen LogP contribution in [-0.4, -0.2) is 18.2 Å². The Hall–Kier alpha value is -1.64. The molecular weight excluding hydrogens is 238 g/mol. The van der Waals surface area contributed by atoms with E-state index in [9.17, 15) is 9.59 Å². The van der Waals surface area contributed by atoms with E-state index in [0.29, 0.717) is 5.56 Å². The van der Waals surface area contributed by atoms with Crippen molar-refractivity contribution in [1.29, 1.82) is 0 Å². The molecule has 3 nitrogen and oxygen atoms in total. The molecular formula is C16H21NO2. The summed E-state index contributed by atoms with van der Waals surface area (Å²) in [5.41, 5.74) is 0.367. The van der Waals surface area contributed by atoms with Crippen LogP contribution in [0.15, 0.2) is 30.3 Å². The molecule has 1 amide bonds. The van der Waals surface area contributed by atoms with Crippen molar-refractivity contribution in [2.45, 2.75) is 39.0 Å². The van der Waals surface area contributed by atoms with Gasteiger partial charge in [0, 0.05) is 11.0 Å². The zero-order valence-corrected chi connectivity index (χ0v) is 11.4. The summed E-state index contributed by atoms with van der Waals surface area (Å²) in [7, 11) is 0. The van der Waals surface area contributed by atoms with E-state index < -0.39 is 0 Å². The first-order valence-corrected chi connectivity index (χ1v) is 6.98. The van der Waals surface area contributed by atoms with E-state index in [0.717, 1.165) is 25.7 Å². The van der Waals surface area contributed by atoms with Crippen molar-refractivity contribution >= 4 is 11.7 Å². The molecule has 2 rings (SSSR count). The molecule has 19 heavy (non-hydrogen) atoms. The Morgan fingerprint density at radius 3 is 2.37 bits per heavy atom. The Kier molecular flexibility index (Phi) is 4.35. The summed E-state index contributed by atoms with van der Waals surface area (Å²) in [6.07, 6.45) is 5.29. The molecule has 0 unspecified atom stereocenters. The largest absolute Gasteiger partial charge is 0.348 e. The highest BCUT2D eigenvalue weighted by Crippen LogP contribution is 2.35. The number of amides is 1. The number of nitrogens with one attached hydrogen (secondary N) is 1. The van der Waals surface area contributed by atoms with Crippen LogP contribution in [0.1, 0.15) is 49.4 Å². The molecule has 0 spiro atoms. The van der Waals surface area contributed by atoms with Crippen molar-refractivity contribution in [3.8, 4) is 0 Å². The molecule has 102 valence electrons. The molecule has 1 aromatic rings. The average Bonchev–Trinajstić information content (AvgIpc) is 2.46. The van der Waals surface area contributed by atoms with Crippen molar-refractivity contribution in [3.05, 3.63) is 35.9 Å². The van der Waals surface area contributed by atoms with Gasteiger partial charge in [-0.3, -0.25) is 9.59 Å². The molecule has 0 aliphatic heterocycles. The third-order valence-corrected chi connectivity index (χ3v) is 4.01. The van der Waals surface area contributed by atoms with Crippen molar-refractivity contribution in [2.75, 3.05) is 6.54 Å². The van der Waals surface area contributed by atoms with E-state index in [-0.39, 0.29) is 23.7 Å². The Balaban J connectivity index is 1.88. The number of ketones is 1. The fourth-order valence-electron chi connectivity index (χ4n) is 2.66. The standard InChI is InChI=1S/C16H21NO2/c1-16(10-6-3-7-11-16)15(19)17-12-14(18)13-8-4-2-5-9-13/h2,4-5,8-9H,3,6-7,10-12H2,1H3,(H,17,19). The van der Waals surface area contributed by atoms with Gasteiger partial charge in [-0.05, 0) is 12.8 Å². The van der Waals surface area contributed by atoms with E-state index in [4.69, 9.17) is 0 Å². The van der Waals surface area contributed by atoms with Crippen LogP contribution in [0.2, 0.25) is 0 Å². The van der Waals surface area contributed by atoms with Gasteiger partial charge in [-0.15, -0.1) is 0 Å². The number of hydrogen-bond acceptors (Lipinski definition) is 2. The molecule has 0 radical (unpaired) electrons. The number of carbonyl (C=O) groups is 2. The number of hydrogen-bond donors (Lipinski definition) is 1. The summed E-state index contributed by atoms with van der Waals surface area (Å²) in [5, 5.41) is 2.80. The van der Waals surface area contributed by atoms with Crippen LogP contribution in [0, 0.1) is 5.41 Å². The summed E-state index contributed by atoms with van der Waals surface area (Å²) >= 11 is 0. The molecule has 3 heteroatoms. The summed E-state index contributed by atoms with van der Waals surface area (Å²) in [6, 6.07) is 9.08. The van der Waals surface area contributed by atoms with Gasteiger partial charge < -0.3 is 5.32 Å². The van der Waals surface area contributed by atoms with Gasteiger partial charge in [0.15, 0.2) is 5.78 Å². The van der Waals surface area contributed by atoms with Crippen molar-refractivity contribution in [1.82, 2.24) is 5.32 Å². The highest BCUT2D eigenvalue weighted by Gasteiger charge is 2.34. The molecule has 0 bridgehead atoms. The van der Waals surface area contributed by atoms with Crippen LogP contribution in [0.5, 0.6) is 0 Å². The van der Waals surface area contributed by atoms with Gasteiger partial charge in [-0.25, -0.2) is 0 Å². The van der Waals surface area contributed by atoms with Gasteiger partial charge in [0.2, 0.25) is 5.91 Å². The minimum atomic E-state index is -0.283. The van der Waals surface area contributed by atoms with E-state index in [1.165, 1.54) is 6.42 Å². The van der Waals surface area contributed by atoms with Crippen molar-refractivity contribution < 1.29 is 9.59 Å². The smallest absolute Gasteiger partial charge is 0.226 e. The lowest BCUT2D eigenvalue weighted by Crippen LogP contribution is -2.42. The van der Waals surface area contributed by atoms with Crippen LogP contribution in [0.3, 0.4) is 0 Å². The minimum Gasteiger partial charge on any atom is -0.348 e. The molecule has 0 aromatic heterocycles. The first kappa shape index (κ1) is 13.8. The summed E-state index contributed by atoms with van der Waals surface area (Å²) in [4.78, 5) is 24.1. The summed E-state index contributed by atoms with van der Waals surface area (Å²) in [5.74, 6) is -0.00941. The molecule has 0 heterocycles. The average molecular weight is 259 g/mol. The van der Waals surface area contributed by atoms with Crippen LogP contribution in [-0.2, 0) is 4.79 Å². The molecule has 0 saturated heterocycles. The van der Waals surface area contributed by atoms with Crippen LogP contribution < -0.4 is 5.32 Å². The number of Topliss-reactive ketones (excluding diaryl/α,β-unsaturated/α-hetero) is 1. The molecule has 1 aromatic carbocycles. The van der Waals surface area contributed by atoms with Crippen LogP contribution in [0.25, 0.3) is 0 Å². The maximum atomic E-state index is 12.2. The first-order chi connectivity index (χ1) is 9.12. The fraction of sp³-hybridized carbons (Fsp3) is 0.500. The normalized spacial score (nSPS) is 17.7. The van der Waals surface area contributed by atoms with E-state index in [1.807, 2.05) is 25.1 Å². The Bertz CT molecular complexity index is 447. The molecule has 0 atom stereocenters. The Morgan fingerprint density at radius 2 is 1.74 bits per heavy atom. The number of benzene rings is 1. The minimum absolute atomic E-state index is 0.0245. The van der Waals surface area contributed by atoms with E-state index in [2.05, 4.69) is 5.32 Å². The monoisotopic (exact) mass is 259 g/mol. The zero-order chi connectivity index (χ0) is 13.7.